The van der Waals surface area contributed by atoms with Crippen molar-refractivity contribution >= 4 is 29.3 Å². The molecule has 0 aromatic heterocycles. The molecule has 4 rings (SSSR count). The molecule has 148 valence electrons. The third-order valence-electron chi connectivity index (χ3n) is 5.54. The predicted molar refractivity (Wildman–Crippen MR) is 97.9 cm³/mol. The minimum atomic E-state index is -0.517. The van der Waals surface area contributed by atoms with Crippen LogP contribution in [0.2, 0.25) is 0 Å². The molecule has 1 aliphatic carbocycles. The van der Waals surface area contributed by atoms with E-state index in [1.54, 1.807) is 17.0 Å². The Bertz CT molecular complexity index is 830. The normalized spacial score (nSPS) is 21.9. The number of ether oxygens (including phenoxy) is 2. The van der Waals surface area contributed by atoms with Gasteiger partial charge in [-0.15, -0.1) is 0 Å². The summed E-state index contributed by atoms with van der Waals surface area (Å²) in [7, 11) is 0. The maximum Gasteiger partial charge on any atom is 0.311 e. The molecular formula is C20H22N2O6. The number of amides is 2. The van der Waals surface area contributed by atoms with E-state index in [1.165, 1.54) is 6.07 Å². The summed E-state index contributed by atoms with van der Waals surface area (Å²) in [5.74, 6) is -1.22. The number of anilines is 1. The van der Waals surface area contributed by atoms with Crippen molar-refractivity contribution in [3.05, 3.63) is 23.8 Å². The maximum absolute atomic E-state index is 12.4. The molecule has 2 amide bonds. The van der Waals surface area contributed by atoms with E-state index in [2.05, 4.69) is 5.32 Å². The van der Waals surface area contributed by atoms with Crippen molar-refractivity contribution in [2.75, 3.05) is 25.1 Å². The van der Waals surface area contributed by atoms with Crippen molar-refractivity contribution in [2.45, 2.75) is 38.1 Å². The van der Waals surface area contributed by atoms with Crippen LogP contribution < -0.4 is 10.1 Å². The molecule has 2 heterocycles. The molecule has 1 N–H and O–H groups in total. The number of hydrogen-bond donors (Lipinski definition) is 1. The number of esters is 1. The summed E-state index contributed by atoms with van der Waals surface area (Å²) in [6, 6.07) is 4.90. The summed E-state index contributed by atoms with van der Waals surface area (Å²) < 4.78 is 10.4. The first-order valence-electron chi connectivity index (χ1n) is 9.57. The van der Waals surface area contributed by atoms with Crippen LogP contribution in [0.5, 0.6) is 5.75 Å². The largest absolute Gasteiger partial charge is 0.482 e. The molecule has 0 unspecified atom stereocenters. The third kappa shape index (κ3) is 3.72. The Labute approximate surface area is 162 Å². The van der Waals surface area contributed by atoms with Gasteiger partial charge in [0.2, 0.25) is 5.91 Å². The van der Waals surface area contributed by atoms with Crippen LogP contribution in [0.4, 0.5) is 5.69 Å². The van der Waals surface area contributed by atoms with E-state index in [1.807, 2.05) is 0 Å². The summed E-state index contributed by atoms with van der Waals surface area (Å²) in [4.78, 5) is 50.1. The van der Waals surface area contributed by atoms with E-state index in [0.717, 1.165) is 25.7 Å². The Morgan fingerprint density at radius 2 is 2.00 bits per heavy atom. The highest BCUT2D eigenvalue weighted by Crippen LogP contribution is 2.30. The van der Waals surface area contributed by atoms with E-state index in [0.29, 0.717) is 23.5 Å². The van der Waals surface area contributed by atoms with Crippen molar-refractivity contribution in [2.24, 2.45) is 5.92 Å². The second kappa shape index (κ2) is 7.61. The molecular weight excluding hydrogens is 364 g/mol. The van der Waals surface area contributed by atoms with E-state index in [4.69, 9.17) is 9.47 Å². The number of ketones is 1. The Hall–Kier alpha value is -2.90. The van der Waals surface area contributed by atoms with Crippen LogP contribution in [0.15, 0.2) is 18.2 Å². The van der Waals surface area contributed by atoms with Gasteiger partial charge in [-0.05, 0) is 31.0 Å². The van der Waals surface area contributed by atoms with Crippen molar-refractivity contribution in [3.63, 3.8) is 0 Å². The van der Waals surface area contributed by atoms with Gasteiger partial charge in [0.25, 0.3) is 5.91 Å². The number of benzene rings is 1. The van der Waals surface area contributed by atoms with Crippen LogP contribution in [0, 0.1) is 5.92 Å². The van der Waals surface area contributed by atoms with Gasteiger partial charge in [0.05, 0.1) is 11.6 Å². The molecule has 1 saturated heterocycles. The van der Waals surface area contributed by atoms with E-state index < -0.39 is 18.5 Å². The summed E-state index contributed by atoms with van der Waals surface area (Å²) in [5, 5.41) is 2.63. The molecule has 1 aromatic rings. The second-order valence-electron chi connectivity index (χ2n) is 7.46. The quantitative estimate of drug-likeness (QED) is 0.608. The van der Waals surface area contributed by atoms with Gasteiger partial charge in [-0.25, -0.2) is 0 Å². The van der Waals surface area contributed by atoms with Crippen LogP contribution >= 0.6 is 0 Å². The Morgan fingerprint density at radius 1 is 1.21 bits per heavy atom. The van der Waals surface area contributed by atoms with Gasteiger partial charge in [-0.2, -0.15) is 0 Å². The lowest BCUT2D eigenvalue weighted by Crippen LogP contribution is -2.35. The lowest BCUT2D eigenvalue weighted by atomic mass is 10.1. The number of carbonyl (C=O) groups is 4. The molecule has 1 aromatic carbocycles. The number of hydrogen-bond acceptors (Lipinski definition) is 6. The van der Waals surface area contributed by atoms with Gasteiger partial charge < -0.3 is 19.7 Å². The molecule has 1 saturated carbocycles. The number of nitrogens with one attached hydrogen (secondary N) is 1. The first-order valence-corrected chi connectivity index (χ1v) is 9.57. The molecule has 2 fully saturated rings. The molecule has 0 radical (unpaired) electrons. The Balaban J connectivity index is 1.32. The summed E-state index contributed by atoms with van der Waals surface area (Å²) in [6.45, 7) is -0.0881. The first kappa shape index (κ1) is 18.5. The number of rotatable bonds is 5. The average Bonchev–Trinajstić information content (AvgIpc) is 3.34. The topological polar surface area (TPSA) is 102 Å². The lowest BCUT2D eigenvalue weighted by molar-refractivity contribution is -0.147. The summed E-state index contributed by atoms with van der Waals surface area (Å²) in [6.07, 6.45) is 4.36. The van der Waals surface area contributed by atoms with Crippen molar-refractivity contribution < 1.29 is 28.7 Å². The second-order valence-corrected chi connectivity index (χ2v) is 7.46. The van der Waals surface area contributed by atoms with Crippen LogP contribution in [0.25, 0.3) is 0 Å². The van der Waals surface area contributed by atoms with Gasteiger partial charge in [0.15, 0.2) is 19.0 Å². The lowest BCUT2D eigenvalue weighted by Gasteiger charge is -2.23. The number of carbonyl (C=O) groups excluding carboxylic acids is 4. The highest BCUT2D eigenvalue weighted by atomic mass is 16.5. The minimum absolute atomic E-state index is 0.00870. The molecule has 1 atom stereocenters. The van der Waals surface area contributed by atoms with Gasteiger partial charge in [-0.3, -0.25) is 19.2 Å². The fourth-order valence-electron chi connectivity index (χ4n) is 4.05. The highest BCUT2D eigenvalue weighted by molar-refractivity contribution is 6.02. The highest BCUT2D eigenvalue weighted by Gasteiger charge is 2.39. The summed E-state index contributed by atoms with van der Waals surface area (Å²) >= 11 is 0. The van der Waals surface area contributed by atoms with E-state index in [-0.39, 0.29) is 36.7 Å². The summed E-state index contributed by atoms with van der Waals surface area (Å²) in [5.41, 5.74) is 0.731. The predicted octanol–water partition coefficient (Wildman–Crippen LogP) is 1.53. The van der Waals surface area contributed by atoms with Crippen LogP contribution in [0.3, 0.4) is 0 Å². The average molecular weight is 386 g/mol. The smallest absolute Gasteiger partial charge is 0.311 e. The standard InChI is InChI=1S/C20H22N2O6/c23-16(12-5-6-17-15(7-12)21-18(24)11-27-17)10-28-20(26)13-8-19(25)22(9-13)14-3-1-2-4-14/h5-7,13-14H,1-4,8-11H2,(H,21,24)/t13-/m0/s1. The molecule has 0 spiro atoms. The van der Waals surface area contributed by atoms with Gasteiger partial charge in [-0.1, -0.05) is 12.8 Å². The van der Waals surface area contributed by atoms with Gasteiger partial charge in [0.1, 0.15) is 5.75 Å². The maximum atomic E-state index is 12.4. The Morgan fingerprint density at radius 3 is 2.79 bits per heavy atom. The molecule has 0 bridgehead atoms. The third-order valence-corrected chi connectivity index (χ3v) is 5.54. The van der Waals surface area contributed by atoms with Gasteiger partial charge in [0, 0.05) is 24.6 Å². The fourth-order valence-corrected chi connectivity index (χ4v) is 4.05. The zero-order chi connectivity index (χ0) is 19.7. The Kier molecular flexibility index (Phi) is 5.02. The van der Waals surface area contributed by atoms with Gasteiger partial charge >= 0.3 is 5.97 Å². The molecule has 8 nitrogen and oxygen atoms in total. The van der Waals surface area contributed by atoms with E-state index >= 15 is 0 Å². The zero-order valence-corrected chi connectivity index (χ0v) is 15.4. The SMILES string of the molecule is O=C1COc2ccc(C(=O)COC(=O)[C@H]3CC(=O)N(C4CCCC4)C3)cc2N1. The fraction of sp³-hybridized carbons (Fsp3) is 0.500. The van der Waals surface area contributed by atoms with Crippen molar-refractivity contribution in [1.82, 2.24) is 4.90 Å². The van der Waals surface area contributed by atoms with Crippen molar-refractivity contribution in [3.8, 4) is 5.75 Å². The monoisotopic (exact) mass is 386 g/mol. The van der Waals surface area contributed by atoms with E-state index in [9.17, 15) is 19.2 Å². The molecule has 28 heavy (non-hydrogen) atoms. The van der Waals surface area contributed by atoms with Crippen LogP contribution in [-0.4, -0.2) is 54.3 Å². The van der Waals surface area contributed by atoms with Crippen LogP contribution in [0.1, 0.15) is 42.5 Å². The molecule has 2 aliphatic heterocycles. The number of fused-ring (bicyclic) bond motifs is 1. The number of Topliss-reactive ketones (excluding diaryl/α,β-unsaturated/α-hetero) is 1. The minimum Gasteiger partial charge on any atom is -0.482 e. The number of likely N-dealkylation sites (tertiary alicyclic amines) is 1. The molecule has 8 heteroatoms. The van der Waals surface area contributed by atoms with Crippen molar-refractivity contribution in [1.29, 1.82) is 0 Å². The number of nitrogens with zero attached hydrogens (tertiary/aromatic N) is 1. The van der Waals surface area contributed by atoms with Crippen LogP contribution in [-0.2, 0) is 19.1 Å². The zero-order valence-electron chi connectivity index (χ0n) is 15.4. The molecule has 3 aliphatic rings. The first-order chi connectivity index (χ1) is 13.5.